The SMILES string of the molecule is C#CCOc1ccc(Br)cc1CNC(C)C. The fourth-order valence-corrected chi connectivity index (χ4v) is 1.67. The number of terminal acetylenes is 1. The van der Waals surface area contributed by atoms with Crippen LogP contribution < -0.4 is 10.1 Å². The van der Waals surface area contributed by atoms with Crippen molar-refractivity contribution in [2.24, 2.45) is 0 Å². The third-order valence-corrected chi connectivity index (χ3v) is 2.53. The Morgan fingerprint density at radius 3 is 2.88 bits per heavy atom. The molecule has 0 amide bonds. The molecule has 0 saturated carbocycles. The molecular formula is C13H16BrNO. The molecule has 0 aliphatic heterocycles. The van der Waals surface area contributed by atoms with Gasteiger partial charge in [-0.15, -0.1) is 6.42 Å². The van der Waals surface area contributed by atoms with E-state index in [0.29, 0.717) is 12.6 Å². The molecule has 16 heavy (non-hydrogen) atoms. The largest absolute Gasteiger partial charge is 0.481 e. The molecule has 0 heterocycles. The lowest BCUT2D eigenvalue weighted by molar-refractivity contribution is 0.364. The van der Waals surface area contributed by atoms with Gasteiger partial charge in [0, 0.05) is 22.6 Å². The van der Waals surface area contributed by atoms with Gasteiger partial charge in [-0.05, 0) is 18.2 Å². The summed E-state index contributed by atoms with van der Waals surface area (Å²) in [5.41, 5.74) is 1.11. The van der Waals surface area contributed by atoms with Gasteiger partial charge in [-0.3, -0.25) is 0 Å². The van der Waals surface area contributed by atoms with Crippen molar-refractivity contribution in [3.05, 3.63) is 28.2 Å². The summed E-state index contributed by atoms with van der Waals surface area (Å²) in [5, 5.41) is 3.35. The minimum absolute atomic E-state index is 0.302. The molecule has 0 atom stereocenters. The fraction of sp³-hybridized carbons (Fsp3) is 0.385. The molecule has 0 spiro atoms. The van der Waals surface area contributed by atoms with E-state index in [1.165, 1.54) is 0 Å². The zero-order valence-electron chi connectivity index (χ0n) is 9.59. The summed E-state index contributed by atoms with van der Waals surface area (Å²) in [7, 11) is 0. The molecule has 0 aliphatic carbocycles. The first kappa shape index (κ1) is 13.1. The molecule has 2 nitrogen and oxygen atoms in total. The quantitative estimate of drug-likeness (QED) is 0.838. The lowest BCUT2D eigenvalue weighted by Crippen LogP contribution is -2.22. The maximum absolute atomic E-state index is 5.48. The predicted octanol–water partition coefficient (Wildman–Crippen LogP) is 2.96. The molecule has 0 bridgehead atoms. The number of benzene rings is 1. The van der Waals surface area contributed by atoms with E-state index < -0.39 is 0 Å². The number of nitrogens with one attached hydrogen (secondary N) is 1. The molecule has 0 saturated heterocycles. The zero-order chi connectivity index (χ0) is 12.0. The summed E-state index contributed by atoms with van der Waals surface area (Å²) in [4.78, 5) is 0. The van der Waals surface area contributed by atoms with Crippen LogP contribution in [0.25, 0.3) is 0 Å². The maximum Gasteiger partial charge on any atom is 0.148 e. The standard InChI is InChI=1S/C13H16BrNO/c1-4-7-16-13-6-5-12(14)8-11(13)9-15-10(2)3/h1,5-6,8,10,15H,7,9H2,2-3H3. The van der Waals surface area contributed by atoms with Crippen LogP contribution in [0.5, 0.6) is 5.75 Å². The highest BCUT2D eigenvalue weighted by Gasteiger charge is 2.04. The van der Waals surface area contributed by atoms with Gasteiger partial charge in [-0.25, -0.2) is 0 Å². The first-order chi connectivity index (χ1) is 7.63. The first-order valence-corrected chi connectivity index (χ1v) is 6.01. The average Bonchev–Trinajstić information content (AvgIpc) is 2.25. The van der Waals surface area contributed by atoms with Crippen molar-refractivity contribution in [1.82, 2.24) is 5.32 Å². The van der Waals surface area contributed by atoms with E-state index in [1.54, 1.807) is 0 Å². The molecule has 1 N–H and O–H groups in total. The van der Waals surface area contributed by atoms with Crippen molar-refractivity contribution in [2.45, 2.75) is 26.4 Å². The monoisotopic (exact) mass is 281 g/mol. The van der Waals surface area contributed by atoms with Crippen LogP contribution in [0.15, 0.2) is 22.7 Å². The normalized spacial score (nSPS) is 10.2. The molecule has 1 aromatic carbocycles. The number of hydrogen-bond acceptors (Lipinski definition) is 2. The van der Waals surface area contributed by atoms with Gasteiger partial charge in [0.1, 0.15) is 12.4 Å². The zero-order valence-corrected chi connectivity index (χ0v) is 11.2. The molecule has 0 aromatic heterocycles. The summed E-state index contributed by atoms with van der Waals surface area (Å²) >= 11 is 3.45. The van der Waals surface area contributed by atoms with Gasteiger partial charge in [-0.2, -0.15) is 0 Å². The molecule has 0 fully saturated rings. The van der Waals surface area contributed by atoms with E-state index >= 15 is 0 Å². The van der Waals surface area contributed by atoms with Gasteiger partial charge >= 0.3 is 0 Å². The molecule has 0 unspecified atom stereocenters. The summed E-state index contributed by atoms with van der Waals surface area (Å²) in [6, 6.07) is 6.37. The van der Waals surface area contributed by atoms with Crippen LogP contribution in [0.3, 0.4) is 0 Å². The number of ether oxygens (including phenoxy) is 1. The Labute approximate surface area is 106 Å². The Kier molecular flexibility index (Phi) is 5.37. The Balaban J connectivity index is 2.77. The van der Waals surface area contributed by atoms with Crippen LogP contribution in [-0.2, 0) is 6.54 Å². The average molecular weight is 282 g/mol. The first-order valence-electron chi connectivity index (χ1n) is 5.21. The predicted molar refractivity (Wildman–Crippen MR) is 70.4 cm³/mol. The minimum Gasteiger partial charge on any atom is -0.481 e. The van der Waals surface area contributed by atoms with Crippen molar-refractivity contribution in [3.63, 3.8) is 0 Å². The van der Waals surface area contributed by atoms with Gasteiger partial charge in [0.2, 0.25) is 0 Å². The number of halogens is 1. The van der Waals surface area contributed by atoms with Crippen molar-refractivity contribution < 1.29 is 4.74 Å². The van der Waals surface area contributed by atoms with Gasteiger partial charge < -0.3 is 10.1 Å². The number of hydrogen-bond donors (Lipinski definition) is 1. The Morgan fingerprint density at radius 2 is 2.25 bits per heavy atom. The van der Waals surface area contributed by atoms with E-state index in [-0.39, 0.29) is 0 Å². The van der Waals surface area contributed by atoms with Gasteiger partial charge in [0.25, 0.3) is 0 Å². The second kappa shape index (κ2) is 6.57. The molecule has 0 aliphatic rings. The second-order valence-corrected chi connectivity index (χ2v) is 4.70. The van der Waals surface area contributed by atoms with Crippen LogP contribution in [0.1, 0.15) is 19.4 Å². The molecular weight excluding hydrogens is 266 g/mol. The van der Waals surface area contributed by atoms with Crippen molar-refractivity contribution in [1.29, 1.82) is 0 Å². The molecule has 0 radical (unpaired) electrons. The van der Waals surface area contributed by atoms with E-state index in [4.69, 9.17) is 11.2 Å². The summed E-state index contributed by atoms with van der Waals surface area (Å²) in [6.45, 7) is 5.30. The Hall–Kier alpha value is -0.980. The fourth-order valence-electron chi connectivity index (χ4n) is 1.26. The van der Waals surface area contributed by atoms with E-state index in [1.807, 2.05) is 18.2 Å². The molecule has 3 heteroatoms. The van der Waals surface area contributed by atoms with Crippen LogP contribution in [0.4, 0.5) is 0 Å². The van der Waals surface area contributed by atoms with Crippen molar-refractivity contribution in [3.8, 4) is 18.1 Å². The van der Waals surface area contributed by atoms with Gasteiger partial charge in [0.05, 0.1) is 0 Å². The van der Waals surface area contributed by atoms with Gasteiger partial charge in [0.15, 0.2) is 0 Å². The molecule has 86 valence electrons. The lowest BCUT2D eigenvalue weighted by Gasteiger charge is -2.13. The van der Waals surface area contributed by atoms with Crippen LogP contribution in [0, 0.1) is 12.3 Å². The summed E-state index contributed by atoms with van der Waals surface area (Å²) in [6.07, 6.45) is 5.18. The van der Waals surface area contributed by atoms with E-state index in [2.05, 4.69) is 41.0 Å². The summed E-state index contributed by atoms with van der Waals surface area (Å²) in [5.74, 6) is 3.31. The highest BCUT2D eigenvalue weighted by Crippen LogP contribution is 2.23. The van der Waals surface area contributed by atoms with Crippen molar-refractivity contribution in [2.75, 3.05) is 6.61 Å². The third-order valence-electron chi connectivity index (χ3n) is 2.03. The van der Waals surface area contributed by atoms with Crippen LogP contribution >= 0.6 is 15.9 Å². The minimum atomic E-state index is 0.302. The van der Waals surface area contributed by atoms with E-state index in [0.717, 1.165) is 22.3 Å². The Morgan fingerprint density at radius 1 is 1.50 bits per heavy atom. The lowest BCUT2D eigenvalue weighted by atomic mass is 10.2. The highest BCUT2D eigenvalue weighted by atomic mass is 79.9. The van der Waals surface area contributed by atoms with Crippen LogP contribution in [0.2, 0.25) is 0 Å². The van der Waals surface area contributed by atoms with Crippen LogP contribution in [-0.4, -0.2) is 12.6 Å². The summed E-state index contributed by atoms with van der Waals surface area (Å²) < 4.78 is 6.52. The van der Waals surface area contributed by atoms with Crippen molar-refractivity contribution >= 4 is 15.9 Å². The second-order valence-electron chi connectivity index (χ2n) is 3.78. The smallest absolute Gasteiger partial charge is 0.148 e. The third kappa shape index (κ3) is 4.26. The topological polar surface area (TPSA) is 21.3 Å². The number of rotatable bonds is 5. The molecule has 1 aromatic rings. The molecule has 1 rings (SSSR count). The van der Waals surface area contributed by atoms with Gasteiger partial charge in [-0.1, -0.05) is 35.7 Å². The van der Waals surface area contributed by atoms with E-state index in [9.17, 15) is 0 Å². The maximum atomic E-state index is 5.48. The Bertz CT molecular complexity index is 382. The highest BCUT2D eigenvalue weighted by molar-refractivity contribution is 9.10.